The Morgan fingerprint density at radius 3 is 2.77 bits per heavy atom. The van der Waals surface area contributed by atoms with Crippen LogP contribution >= 0.6 is 0 Å². The molecule has 0 bridgehead atoms. The zero-order valence-corrected chi connectivity index (χ0v) is 7.74. The maximum absolute atomic E-state index is 11.3. The van der Waals surface area contributed by atoms with Crippen LogP contribution in [0.2, 0.25) is 0 Å². The molecule has 0 aromatic rings. The average molecular weight is 184 g/mol. The predicted octanol–water partition coefficient (Wildman–Crippen LogP) is 0.732. The number of ether oxygens (including phenoxy) is 1. The van der Waals surface area contributed by atoms with Crippen LogP contribution in [-0.4, -0.2) is 36.7 Å². The van der Waals surface area contributed by atoms with Gasteiger partial charge in [-0.3, -0.25) is 0 Å². The number of nitrogens with two attached hydrogens (primary N) is 1. The van der Waals surface area contributed by atoms with Crippen LogP contribution in [0.25, 0.3) is 0 Å². The maximum atomic E-state index is 11.3. The van der Waals surface area contributed by atoms with E-state index in [4.69, 9.17) is 10.5 Å². The fourth-order valence-electron chi connectivity index (χ4n) is 1.30. The molecule has 74 valence electrons. The van der Waals surface area contributed by atoms with E-state index in [-0.39, 0.29) is 18.7 Å². The molecule has 0 aromatic carbocycles. The van der Waals surface area contributed by atoms with Crippen molar-refractivity contribution in [1.29, 1.82) is 0 Å². The van der Waals surface area contributed by atoms with Gasteiger partial charge in [-0.25, -0.2) is 4.79 Å². The van der Waals surface area contributed by atoms with E-state index >= 15 is 0 Å². The number of rotatable bonds is 2. The molecule has 2 N–H and O–H groups in total. The van der Waals surface area contributed by atoms with Crippen molar-refractivity contribution >= 4 is 6.09 Å². The van der Waals surface area contributed by atoms with E-state index in [1.165, 1.54) is 0 Å². The molecule has 1 rings (SSSR count). The van der Waals surface area contributed by atoms with Crippen molar-refractivity contribution in [2.45, 2.75) is 18.9 Å². The van der Waals surface area contributed by atoms with Crippen LogP contribution < -0.4 is 5.73 Å². The Bertz CT molecular complexity index is 186. The van der Waals surface area contributed by atoms with E-state index in [2.05, 4.69) is 6.58 Å². The lowest BCUT2D eigenvalue weighted by Gasteiger charge is -2.29. The van der Waals surface area contributed by atoms with Crippen LogP contribution in [-0.2, 0) is 4.74 Å². The van der Waals surface area contributed by atoms with Crippen molar-refractivity contribution in [2.75, 3.05) is 19.7 Å². The Morgan fingerprint density at radius 2 is 2.23 bits per heavy atom. The second-order valence-corrected chi connectivity index (χ2v) is 3.19. The van der Waals surface area contributed by atoms with Gasteiger partial charge in [-0.05, 0) is 12.8 Å². The average Bonchev–Trinajstić information content (AvgIpc) is 2.15. The first-order valence-corrected chi connectivity index (χ1v) is 4.52. The number of amides is 1. The molecule has 0 saturated carbocycles. The molecule has 0 unspecified atom stereocenters. The van der Waals surface area contributed by atoms with E-state index in [0.29, 0.717) is 13.1 Å². The molecular weight excluding hydrogens is 168 g/mol. The Balaban J connectivity index is 2.27. The fraction of sp³-hybridized carbons (Fsp3) is 0.667. The van der Waals surface area contributed by atoms with Crippen LogP contribution in [0, 0.1) is 0 Å². The SMILES string of the molecule is C=CCOC(=O)N1CCC(N)CC1. The highest BCUT2D eigenvalue weighted by Gasteiger charge is 2.20. The number of piperidine rings is 1. The fourth-order valence-corrected chi connectivity index (χ4v) is 1.30. The van der Waals surface area contributed by atoms with Crippen molar-refractivity contribution in [3.05, 3.63) is 12.7 Å². The molecule has 1 aliphatic rings. The summed E-state index contributed by atoms with van der Waals surface area (Å²) in [4.78, 5) is 13.0. The molecule has 0 aliphatic carbocycles. The molecule has 1 aliphatic heterocycles. The molecular formula is C9H16N2O2. The third kappa shape index (κ3) is 3.06. The third-order valence-corrected chi connectivity index (χ3v) is 2.12. The second-order valence-electron chi connectivity index (χ2n) is 3.19. The zero-order valence-electron chi connectivity index (χ0n) is 7.74. The first-order valence-electron chi connectivity index (χ1n) is 4.52. The van der Waals surface area contributed by atoms with Crippen LogP contribution in [0.15, 0.2) is 12.7 Å². The zero-order chi connectivity index (χ0) is 9.68. The monoisotopic (exact) mass is 184 g/mol. The van der Waals surface area contributed by atoms with E-state index in [1.807, 2.05) is 0 Å². The summed E-state index contributed by atoms with van der Waals surface area (Å²) in [7, 11) is 0. The molecule has 4 nitrogen and oxygen atoms in total. The lowest BCUT2D eigenvalue weighted by molar-refractivity contribution is 0.102. The van der Waals surface area contributed by atoms with Gasteiger partial charge in [0.15, 0.2) is 0 Å². The van der Waals surface area contributed by atoms with Gasteiger partial charge in [0.25, 0.3) is 0 Å². The number of carbonyl (C=O) groups is 1. The molecule has 0 atom stereocenters. The van der Waals surface area contributed by atoms with Gasteiger partial charge in [0.2, 0.25) is 0 Å². The number of hydrogen-bond donors (Lipinski definition) is 1. The molecule has 0 radical (unpaired) electrons. The highest BCUT2D eigenvalue weighted by atomic mass is 16.6. The Morgan fingerprint density at radius 1 is 1.62 bits per heavy atom. The van der Waals surface area contributed by atoms with Gasteiger partial charge in [-0.15, -0.1) is 0 Å². The van der Waals surface area contributed by atoms with E-state index in [1.54, 1.807) is 11.0 Å². The molecule has 0 aromatic heterocycles. The summed E-state index contributed by atoms with van der Waals surface area (Å²) in [5, 5.41) is 0. The first kappa shape index (κ1) is 10.1. The minimum atomic E-state index is -0.258. The van der Waals surface area contributed by atoms with Crippen molar-refractivity contribution in [3.63, 3.8) is 0 Å². The number of nitrogens with zero attached hydrogens (tertiary/aromatic N) is 1. The molecule has 1 saturated heterocycles. The smallest absolute Gasteiger partial charge is 0.410 e. The highest BCUT2D eigenvalue weighted by molar-refractivity contribution is 5.67. The minimum absolute atomic E-state index is 0.239. The first-order chi connectivity index (χ1) is 6.24. The summed E-state index contributed by atoms with van der Waals surface area (Å²) in [5.41, 5.74) is 5.70. The Labute approximate surface area is 78.3 Å². The number of hydrogen-bond acceptors (Lipinski definition) is 3. The van der Waals surface area contributed by atoms with Crippen molar-refractivity contribution < 1.29 is 9.53 Å². The lowest BCUT2D eigenvalue weighted by Crippen LogP contribution is -2.43. The van der Waals surface area contributed by atoms with Gasteiger partial charge < -0.3 is 15.4 Å². The quantitative estimate of drug-likeness (QED) is 0.644. The molecule has 1 fully saturated rings. The Hall–Kier alpha value is -1.03. The lowest BCUT2D eigenvalue weighted by atomic mass is 10.1. The highest BCUT2D eigenvalue weighted by Crippen LogP contribution is 2.09. The van der Waals surface area contributed by atoms with Gasteiger partial charge in [0.1, 0.15) is 6.61 Å². The van der Waals surface area contributed by atoms with Crippen molar-refractivity contribution in [2.24, 2.45) is 5.73 Å². The van der Waals surface area contributed by atoms with Crippen molar-refractivity contribution in [3.8, 4) is 0 Å². The maximum Gasteiger partial charge on any atom is 0.410 e. The van der Waals surface area contributed by atoms with Gasteiger partial charge in [0.05, 0.1) is 0 Å². The molecule has 13 heavy (non-hydrogen) atoms. The third-order valence-electron chi connectivity index (χ3n) is 2.12. The standard InChI is InChI=1S/C9H16N2O2/c1-2-7-13-9(12)11-5-3-8(10)4-6-11/h2,8H,1,3-7,10H2. The summed E-state index contributed by atoms with van der Waals surface area (Å²) < 4.78 is 4.89. The molecule has 4 heteroatoms. The minimum Gasteiger partial charge on any atom is -0.445 e. The number of carbonyl (C=O) groups excluding carboxylic acids is 1. The van der Waals surface area contributed by atoms with Gasteiger partial charge in [-0.1, -0.05) is 12.7 Å². The topological polar surface area (TPSA) is 55.6 Å². The summed E-state index contributed by atoms with van der Waals surface area (Å²) in [6.45, 7) is 5.16. The van der Waals surface area contributed by atoms with E-state index in [9.17, 15) is 4.79 Å². The summed E-state index contributed by atoms with van der Waals surface area (Å²) in [5.74, 6) is 0. The van der Waals surface area contributed by atoms with Crippen LogP contribution in [0.5, 0.6) is 0 Å². The van der Waals surface area contributed by atoms with E-state index < -0.39 is 0 Å². The van der Waals surface area contributed by atoms with Crippen LogP contribution in [0.3, 0.4) is 0 Å². The predicted molar refractivity (Wildman–Crippen MR) is 50.3 cm³/mol. The largest absolute Gasteiger partial charge is 0.445 e. The second kappa shape index (κ2) is 4.87. The normalized spacial score (nSPS) is 18.4. The van der Waals surface area contributed by atoms with Crippen LogP contribution in [0.4, 0.5) is 4.79 Å². The van der Waals surface area contributed by atoms with E-state index in [0.717, 1.165) is 12.8 Å². The molecule has 1 heterocycles. The van der Waals surface area contributed by atoms with Gasteiger partial charge >= 0.3 is 6.09 Å². The summed E-state index contributed by atoms with van der Waals surface area (Å²) >= 11 is 0. The summed E-state index contributed by atoms with van der Waals surface area (Å²) in [6, 6.07) is 0.239. The van der Waals surface area contributed by atoms with Gasteiger partial charge in [-0.2, -0.15) is 0 Å². The number of likely N-dealkylation sites (tertiary alicyclic amines) is 1. The van der Waals surface area contributed by atoms with Crippen molar-refractivity contribution in [1.82, 2.24) is 4.90 Å². The molecule has 0 spiro atoms. The Kier molecular flexibility index (Phi) is 3.76. The van der Waals surface area contributed by atoms with Gasteiger partial charge in [0, 0.05) is 19.1 Å². The van der Waals surface area contributed by atoms with Crippen LogP contribution in [0.1, 0.15) is 12.8 Å². The summed E-state index contributed by atoms with van der Waals surface area (Å²) in [6.07, 6.45) is 3.03. The molecule has 1 amide bonds.